The summed E-state index contributed by atoms with van der Waals surface area (Å²) in [7, 11) is 1.65. The number of hydrogen-bond acceptors (Lipinski definition) is 5. The normalized spacial score (nSPS) is 14.8. The minimum atomic E-state index is -0.0702. The predicted octanol–water partition coefficient (Wildman–Crippen LogP) is 4.27. The van der Waals surface area contributed by atoms with Gasteiger partial charge in [-0.05, 0) is 42.8 Å². The summed E-state index contributed by atoms with van der Waals surface area (Å²) < 4.78 is 7.30. The van der Waals surface area contributed by atoms with Crippen LogP contribution in [0.25, 0.3) is 17.5 Å². The van der Waals surface area contributed by atoms with E-state index in [1.807, 2.05) is 78.6 Å². The van der Waals surface area contributed by atoms with Crippen LogP contribution in [0.5, 0.6) is 5.75 Å². The highest BCUT2D eigenvalue weighted by molar-refractivity contribution is 8.00. The van der Waals surface area contributed by atoms with Crippen molar-refractivity contribution in [3.8, 4) is 17.0 Å². The third-order valence-electron chi connectivity index (χ3n) is 4.56. The van der Waals surface area contributed by atoms with E-state index in [0.29, 0.717) is 5.75 Å². The molecule has 7 heteroatoms. The van der Waals surface area contributed by atoms with Crippen LogP contribution in [-0.2, 0) is 4.79 Å². The quantitative estimate of drug-likeness (QED) is 0.640. The molecular formula is C22H22N4O2S. The Morgan fingerprint density at radius 3 is 2.93 bits per heavy atom. The molecule has 0 spiro atoms. The smallest absolute Gasteiger partial charge is 0.234 e. The molecule has 2 N–H and O–H groups in total. The average molecular weight is 407 g/mol. The molecule has 2 heterocycles. The molecule has 29 heavy (non-hydrogen) atoms. The average Bonchev–Trinajstić information content (AvgIpc) is 3.17. The van der Waals surface area contributed by atoms with Gasteiger partial charge in [-0.2, -0.15) is 5.10 Å². The second-order valence-corrected chi connectivity index (χ2v) is 7.78. The number of amides is 1. The van der Waals surface area contributed by atoms with Crippen LogP contribution in [-0.4, -0.2) is 28.6 Å². The number of para-hydroxylation sites is 1. The number of fused-ring (bicyclic) bond motifs is 1. The molecule has 2 aromatic carbocycles. The summed E-state index contributed by atoms with van der Waals surface area (Å²) in [5.41, 5.74) is 4.69. The van der Waals surface area contributed by atoms with Crippen molar-refractivity contribution in [2.45, 2.75) is 12.3 Å². The Hall–Kier alpha value is -3.19. The van der Waals surface area contributed by atoms with Crippen LogP contribution in [0.2, 0.25) is 0 Å². The molecule has 4 rings (SSSR count). The van der Waals surface area contributed by atoms with Gasteiger partial charge in [0.25, 0.3) is 0 Å². The Morgan fingerprint density at radius 1 is 1.24 bits per heavy atom. The van der Waals surface area contributed by atoms with Crippen molar-refractivity contribution in [2.75, 3.05) is 18.2 Å². The number of thioether (sulfide) groups is 1. The number of ether oxygens (including phenoxy) is 1. The zero-order chi connectivity index (χ0) is 20.2. The molecule has 1 atom stereocenters. The summed E-state index contributed by atoms with van der Waals surface area (Å²) in [6.07, 6.45) is 3.72. The van der Waals surface area contributed by atoms with Crippen molar-refractivity contribution in [3.63, 3.8) is 0 Å². The van der Waals surface area contributed by atoms with Gasteiger partial charge in [0, 0.05) is 23.7 Å². The van der Waals surface area contributed by atoms with Crippen molar-refractivity contribution >= 4 is 29.6 Å². The van der Waals surface area contributed by atoms with Gasteiger partial charge in [-0.15, -0.1) is 11.8 Å². The van der Waals surface area contributed by atoms with Crippen molar-refractivity contribution in [1.82, 2.24) is 15.1 Å². The molecule has 0 radical (unpaired) electrons. The standard InChI is InChI=1S/C22H22N4O2S/c1-15-6-5-7-16(12-15)24-21(27)14-29-22-19-13-18(25-26(19)11-10-23-22)17-8-3-4-9-20(17)28-2/h3-13,22-23H,14H2,1-2H3,(H,24,27)/t22-/m0/s1. The van der Waals surface area contributed by atoms with E-state index in [1.54, 1.807) is 7.11 Å². The number of nitrogens with one attached hydrogen (secondary N) is 2. The van der Waals surface area contributed by atoms with Crippen LogP contribution in [0.4, 0.5) is 5.69 Å². The van der Waals surface area contributed by atoms with Gasteiger partial charge in [-0.1, -0.05) is 24.3 Å². The number of benzene rings is 2. The SMILES string of the molecule is COc1ccccc1-c1cc2n(n1)C=CN[C@H]2SCC(=O)Nc1cccc(C)c1. The lowest BCUT2D eigenvalue weighted by Crippen LogP contribution is -2.22. The highest BCUT2D eigenvalue weighted by Gasteiger charge is 2.22. The number of anilines is 1. The molecule has 1 amide bonds. The Labute approximate surface area is 174 Å². The van der Waals surface area contributed by atoms with Crippen molar-refractivity contribution in [2.24, 2.45) is 0 Å². The van der Waals surface area contributed by atoms with Gasteiger partial charge in [-0.25, -0.2) is 4.68 Å². The second-order valence-electron chi connectivity index (χ2n) is 6.69. The summed E-state index contributed by atoms with van der Waals surface area (Å²) in [6.45, 7) is 2.00. The number of carbonyl (C=O) groups excluding carboxylic acids is 1. The fraction of sp³-hybridized carbons (Fsp3) is 0.182. The van der Waals surface area contributed by atoms with Gasteiger partial charge in [0.15, 0.2) is 0 Å². The Balaban J connectivity index is 1.46. The summed E-state index contributed by atoms with van der Waals surface area (Å²) in [6, 6.07) is 17.6. The van der Waals surface area contributed by atoms with Crippen LogP contribution < -0.4 is 15.4 Å². The first-order valence-electron chi connectivity index (χ1n) is 9.28. The predicted molar refractivity (Wildman–Crippen MR) is 118 cm³/mol. The largest absolute Gasteiger partial charge is 0.496 e. The van der Waals surface area contributed by atoms with Crippen LogP contribution >= 0.6 is 11.8 Å². The molecule has 6 nitrogen and oxygen atoms in total. The lowest BCUT2D eigenvalue weighted by atomic mass is 10.1. The zero-order valence-corrected chi connectivity index (χ0v) is 17.1. The van der Waals surface area contributed by atoms with E-state index in [9.17, 15) is 4.79 Å². The summed E-state index contributed by atoms with van der Waals surface area (Å²) in [5, 5.41) is 10.9. The van der Waals surface area contributed by atoms with Gasteiger partial charge in [0.2, 0.25) is 5.91 Å². The molecule has 0 saturated heterocycles. The fourth-order valence-corrected chi connectivity index (χ4v) is 4.12. The zero-order valence-electron chi connectivity index (χ0n) is 16.3. The highest BCUT2D eigenvalue weighted by atomic mass is 32.2. The first-order chi connectivity index (χ1) is 14.1. The number of aromatic nitrogens is 2. The van der Waals surface area contributed by atoms with E-state index in [-0.39, 0.29) is 11.3 Å². The highest BCUT2D eigenvalue weighted by Crippen LogP contribution is 2.34. The maximum Gasteiger partial charge on any atom is 0.234 e. The third-order valence-corrected chi connectivity index (χ3v) is 5.70. The van der Waals surface area contributed by atoms with E-state index in [4.69, 9.17) is 4.74 Å². The Bertz CT molecular complexity index is 1060. The molecule has 148 valence electrons. The van der Waals surface area contributed by atoms with Gasteiger partial charge < -0.3 is 15.4 Å². The van der Waals surface area contributed by atoms with Gasteiger partial charge in [0.1, 0.15) is 11.1 Å². The van der Waals surface area contributed by atoms with Gasteiger partial charge in [0.05, 0.1) is 24.3 Å². The second kappa shape index (κ2) is 8.45. The molecular weight excluding hydrogens is 384 g/mol. The first kappa shape index (κ1) is 19.1. The topological polar surface area (TPSA) is 68.2 Å². The molecule has 0 fully saturated rings. The van der Waals surface area contributed by atoms with Crippen molar-refractivity contribution in [1.29, 1.82) is 0 Å². The minimum absolute atomic E-state index is 0.0343. The lowest BCUT2D eigenvalue weighted by molar-refractivity contribution is -0.113. The molecule has 0 unspecified atom stereocenters. The van der Waals surface area contributed by atoms with E-state index >= 15 is 0 Å². The summed E-state index contributed by atoms with van der Waals surface area (Å²) in [5.74, 6) is 1.07. The number of methoxy groups -OCH3 is 1. The van der Waals surface area contributed by atoms with Crippen molar-refractivity contribution < 1.29 is 9.53 Å². The minimum Gasteiger partial charge on any atom is -0.496 e. The number of aryl methyl sites for hydroxylation is 1. The number of carbonyl (C=O) groups is 1. The molecule has 3 aromatic rings. The van der Waals surface area contributed by atoms with E-state index < -0.39 is 0 Å². The van der Waals surface area contributed by atoms with E-state index in [1.165, 1.54) is 11.8 Å². The molecule has 0 aliphatic carbocycles. The first-order valence-corrected chi connectivity index (χ1v) is 10.3. The van der Waals surface area contributed by atoms with Gasteiger partial charge in [-0.3, -0.25) is 4.79 Å². The Kier molecular flexibility index (Phi) is 5.57. The lowest BCUT2D eigenvalue weighted by Gasteiger charge is -2.20. The van der Waals surface area contributed by atoms with Crippen LogP contribution in [0.15, 0.2) is 60.8 Å². The molecule has 1 aliphatic heterocycles. The van der Waals surface area contributed by atoms with Crippen molar-refractivity contribution in [3.05, 3.63) is 72.1 Å². The number of nitrogens with zero attached hydrogens (tertiary/aromatic N) is 2. The van der Waals surface area contributed by atoms with Gasteiger partial charge >= 0.3 is 0 Å². The van der Waals surface area contributed by atoms with Crippen LogP contribution in [0.3, 0.4) is 0 Å². The third kappa shape index (κ3) is 4.30. The Morgan fingerprint density at radius 2 is 2.10 bits per heavy atom. The number of hydrogen-bond donors (Lipinski definition) is 2. The molecule has 1 aliphatic rings. The molecule has 1 aromatic heterocycles. The summed E-state index contributed by atoms with van der Waals surface area (Å²) >= 11 is 1.52. The molecule has 0 bridgehead atoms. The maximum atomic E-state index is 12.4. The van der Waals surface area contributed by atoms with E-state index in [0.717, 1.165) is 34.0 Å². The molecule has 0 saturated carbocycles. The van der Waals surface area contributed by atoms with E-state index in [2.05, 4.69) is 15.7 Å². The number of rotatable bonds is 6. The fourth-order valence-electron chi connectivity index (χ4n) is 3.21. The summed E-state index contributed by atoms with van der Waals surface area (Å²) in [4.78, 5) is 12.4. The van der Waals surface area contributed by atoms with Crippen LogP contribution in [0.1, 0.15) is 16.6 Å². The monoisotopic (exact) mass is 406 g/mol. The maximum absolute atomic E-state index is 12.4. The van der Waals surface area contributed by atoms with Crippen LogP contribution in [0, 0.1) is 6.92 Å².